The van der Waals surface area contributed by atoms with E-state index in [2.05, 4.69) is 47.6 Å². The van der Waals surface area contributed by atoms with Crippen LogP contribution >= 0.6 is 0 Å². The summed E-state index contributed by atoms with van der Waals surface area (Å²) in [5, 5.41) is 108. The minimum absolute atomic E-state index is 0.00141. The van der Waals surface area contributed by atoms with Gasteiger partial charge in [-0.1, -0.05) is 53.2 Å². The number of carboxylic acid groups (broad SMARTS) is 1. The van der Waals surface area contributed by atoms with E-state index in [0.29, 0.717) is 25.7 Å². The molecular formula is C47H76O17. The number of ether oxygens (including phenoxy) is 6. The second-order valence-corrected chi connectivity index (χ2v) is 22.9. The van der Waals surface area contributed by atoms with Gasteiger partial charge in [0.15, 0.2) is 18.9 Å². The summed E-state index contributed by atoms with van der Waals surface area (Å²) in [7, 11) is 0. The average molecular weight is 913 g/mol. The second-order valence-electron chi connectivity index (χ2n) is 22.9. The van der Waals surface area contributed by atoms with Crippen LogP contribution in [0.15, 0.2) is 11.6 Å². The average Bonchev–Trinajstić information content (AvgIpc) is 3.24. The predicted octanol–water partition coefficient (Wildman–Crippen LogP) is 1.35. The standard InChI is InChI=1S/C47H76O17/c1-22-30(50)33(53)35(55)38(60-22)64-37-32(52)26(62-39-36(56)34(54)31(51)25(19-48)61-39)20-59-40(37)63-29-11-12-44(6)27(43(29,4)5)10-13-45(7)28(44)9-8-23-24-18-42(2,3)14-15-46(24,41(57)58)16-17-47(23,45)21-49/h8,22,24-40,48-56H,9-21H2,1-7H3,(H,57,58). The predicted molar refractivity (Wildman–Crippen MR) is 225 cm³/mol. The lowest BCUT2D eigenvalue weighted by atomic mass is 9.33. The van der Waals surface area contributed by atoms with E-state index in [4.69, 9.17) is 28.4 Å². The second kappa shape index (κ2) is 17.2. The van der Waals surface area contributed by atoms with Crippen molar-refractivity contribution in [2.24, 2.45) is 50.2 Å². The van der Waals surface area contributed by atoms with E-state index in [1.807, 2.05) is 0 Å². The summed E-state index contributed by atoms with van der Waals surface area (Å²) >= 11 is 0. The Kier molecular flexibility index (Phi) is 13.2. The third kappa shape index (κ3) is 7.49. The minimum atomic E-state index is -1.76. The van der Waals surface area contributed by atoms with Crippen molar-refractivity contribution in [1.82, 2.24) is 0 Å². The zero-order chi connectivity index (χ0) is 46.7. The molecule has 3 saturated heterocycles. The molecule has 17 nitrogen and oxygen atoms in total. The quantitative estimate of drug-likeness (QED) is 0.116. The Morgan fingerprint density at radius 1 is 0.719 bits per heavy atom. The molecule has 22 atom stereocenters. The molecule has 0 spiro atoms. The van der Waals surface area contributed by atoms with E-state index in [9.17, 15) is 55.9 Å². The Balaban J connectivity index is 1.05. The third-order valence-electron chi connectivity index (χ3n) is 18.9. The zero-order valence-corrected chi connectivity index (χ0v) is 38.5. The van der Waals surface area contributed by atoms with E-state index in [0.717, 1.165) is 38.5 Å². The first kappa shape index (κ1) is 49.0. The van der Waals surface area contributed by atoms with Crippen molar-refractivity contribution in [3.8, 4) is 0 Å². The van der Waals surface area contributed by atoms with Gasteiger partial charge in [0, 0.05) is 5.41 Å². The molecule has 3 heterocycles. The molecule has 5 aliphatic carbocycles. The molecule has 8 aliphatic rings. The summed E-state index contributed by atoms with van der Waals surface area (Å²) in [6.45, 7) is 14.1. The smallest absolute Gasteiger partial charge is 0.310 e. The first-order valence-corrected chi connectivity index (χ1v) is 23.7. The SMILES string of the molecule is CC1OC(OC2C(OC3CCC4(C)C(CCC5(C)C4CC=C4C6CC(C)(C)CCC6(C(=O)O)CCC45CO)C3(C)C)OCC(OC3OC(CO)C(O)C(O)C3O)C2O)C(O)C(O)C1O. The highest BCUT2D eigenvalue weighted by atomic mass is 16.8. The zero-order valence-electron chi connectivity index (χ0n) is 38.5. The molecule has 10 N–H and O–H groups in total. The molecule has 0 aromatic heterocycles. The van der Waals surface area contributed by atoms with Gasteiger partial charge in [-0.05, 0) is 111 Å². The van der Waals surface area contributed by atoms with Crippen LogP contribution in [0.2, 0.25) is 0 Å². The monoisotopic (exact) mass is 913 g/mol. The van der Waals surface area contributed by atoms with Gasteiger partial charge in [-0.2, -0.15) is 0 Å². The van der Waals surface area contributed by atoms with Crippen LogP contribution in [-0.2, 0) is 33.2 Å². The fourth-order valence-electron chi connectivity index (χ4n) is 14.9. The summed E-state index contributed by atoms with van der Waals surface area (Å²) in [6.07, 6.45) is -11.6. The molecule has 0 radical (unpaired) electrons. The Morgan fingerprint density at radius 2 is 1.38 bits per heavy atom. The number of hydrogen-bond donors (Lipinski definition) is 10. The summed E-state index contributed by atoms with van der Waals surface area (Å²) in [4.78, 5) is 13.2. The van der Waals surface area contributed by atoms with Crippen LogP contribution in [0.3, 0.4) is 0 Å². The topological polar surface area (TPSA) is 275 Å². The van der Waals surface area contributed by atoms with Crippen molar-refractivity contribution in [1.29, 1.82) is 0 Å². The van der Waals surface area contributed by atoms with E-state index >= 15 is 0 Å². The first-order valence-electron chi connectivity index (χ1n) is 23.7. The first-order chi connectivity index (χ1) is 29.9. The molecule has 22 unspecified atom stereocenters. The maximum absolute atomic E-state index is 13.2. The molecule has 0 aromatic carbocycles. The molecule has 7 fully saturated rings. The van der Waals surface area contributed by atoms with Crippen molar-refractivity contribution < 1.29 is 84.3 Å². The Labute approximate surface area is 376 Å². The molecule has 0 bridgehead atoms. The van der Waals surface area contributed by atoms with Gasteiger partial charge in [-0.25, -0.2) is 0 Å². The minimum Gasteiger partial charge on any atom is -0.481 e. The molecule has 0 aromatic rings. The lowest BCUT2D eigenvalue weighted by Crippen LogP contribution is -2.67. The van der Waals surface area contributed by atoms with Crippen molar-refractivity contribution in [3.05, 3.63) is 11.6 Å². The molecule has 0 amide bonds. The van der Waals surface area contributed by atoms with Crippen LogP contribution in [0.1, 0.15) is 113 Å². The number of fused-ring (bicyclic) bond motifs is 7. The number of hydrogen-bond acceptors (Lipinski definition) is 16. The van der Waals surface area contributed by atoms with Gasteiger partial charge >= 0.3 is 5.97 Å². The molecule has 17 heteroatoms. The Bertz CT molecular complexity index is 1740. The number of aliphatic hydroxyl groups is 9. The lowest BCUT2D eigenvalue weighted by Gasteiger charge is -2.71. The maximum Gasteiger partial charge on any atom is 0.310 e. The van der Waals surface area contributed by atoms with Gasteiger partial charge in [0.05, 0.1) is 37.4 Å². The molecule has 4 saturated carbocycles. The van der Waals surface area contributed by atoms with Crippen LogP contribution in [0.5, 0.6) is 0 Å². The highest BCUT2D eigenvalue weighted by Crippen LogP contribution is 2.76. The number of aliphatic carboxylic acids is 1. The van der Waals surface area contributed by atoms with Gasteiger partial charge < -0.3 is 79.5 Å². The van der Waals surface area contributed by atoms with E-state index in [1.54, 1.807) is 0 Å². The molecule has 8 rings (SSSR count). The van der Waals surface area contributed by atoms with Crippen molar-refractivity contribution >= 4 is 5.97 Å². The molecule has 64 heavy (non-hydrogen) atoms. The summed E-state index contributed by atoms with van der Waals surface area (Å²) in [6, 6.07) is 0. The van der Waals surface area contributed by atoms with Crippen molar-refractivity contribution in [2.45, 2.75) is 205 Å². The van der Waals surface area contributed by atoms with Gasteiger partial charge in [-0.3, -0.25) is 4.79 Å². The molecule has 366 valence electrons. The highest BCUT2D eigenvalue weighted by molar-refractivity contribution is 5.76. The van der Waals surface area contributed by atoms with Crippen molar-refractivity contribution in [2.75, 3.05) is 19.8 Å². The Morgan fingerprint density at radius 3 is 2.03 bits per heavy atom. The third-order valence-corrected chi connectivity index (χ3v) is 18.9. The lowest BCUT2D eigenvalue weighted by molar-refractivity contribution is -0.380. The number of aliphatic hydroxyl groups excluding tert-OH is 9. The number of carbonyl (C=O) groups is 1. The fraction of sp³-hybridized carbons (Fsp3) is 0.936. The Hall–Kier alpha value is -1.39. The maximum atomic E-state index is 13.2. The van der Waals surface area contributed by atoms with Crippen LogP contribution in [-0.4, -0.2) is 169 Å². The summed E-state index contributed by atoms with van der Waals surface area (Å²) < 4.78 is 36.7. The van der Waals surface area contributed by atoms with Crippen molar-refractivity contribution in [3.63, 3.8) is 0 Å². The van der Waals surface area contributed by atoms with E-state index in [1.165, 1.54) is 12.5 Å². The molecule has 3 aliphatic heterocycles. The normalized spacial score (nSPS) is 53.5. The fourth-order valence-corrected chi connectivity index (χ4v) is 14.9. The van der Waals surface area contributed by atoms with Gasteiger partial charge in [0.25, 0.3) is 0 Å². The highest BCUT2D eigenvalue weighted by Gasteiger charge is 2.71. The van der Waals surface area contributed by atoms with E-state index in [-0.39, 0.29) is 47.2 Å². The van der Waals surface area contributed by atoms with Crippen LogP contribution in [0, 0.1) is 50.2 Å². The van der Waals surface area contributed by atoms with Crippen LogP contribution in [0.4, 0.5) is 0 Å². The van der Waals surface area contributed by atoms with Gasteiger partial charge in [-0.15, -0.1) is 0 Å². The number of carboxylic acids is 1. The van der Waals surface area contributed by atoms with Gasteiger partial charge in [0.2, 0.25) is 0 Å². The van der Waals surface area contributed by atoms with E-state index < -0.39 is 121 Å². The van der Waals surface area contributed by atoms with Crippen LogP contribution in [0.25, 0.3) is 0 Å². The van der Waals surface area contributed by atoms with Gasteiger partial charge in [0.1, 0.15) is 61.0 Å². The number of rotatable bonds is 9. The summed E-state index contributed by atoms with van der Waals surface area (Å²) in [5.41, 5.74) is -1.12. The number of allylic oxidation sites excluding steroid dienone is 1. The van der Waals surface area contributed by atoms with Crippen LogP contribution < -0.4 is 0 Å². The summed E-state index contributed by atoms with van der Waals surface area (Å²) in [5.74, 6) is -0.496. The molecular weight excluding hydrogens is 837 g/mol. The largest absolute Gasteiger partial charge is 0.481 e.